The highest BCUT2D eigenvalue weighted by atomic mass is 35.5. The summed E-state index contributed by atoms with van der Waals surface area (Å²) in [4.78, 5) is 51.0. The molecule has 4 amide bonds. The van der Waals surface area contributed by atoms with Gasteiger partial charge in [-0.3, -0.25) is 19.2 Å². The number of hydrogen-bond acceptors (Lipinski definition) is 6. The molecule has 11 heteroatoms. The highest BCUT2D eigenvalue weighted by Crippen LogP contribution is 2.26. The lowest BCUT2D eigenvalue weighted by atomic mass is 9.98. The minimum absolute atomic E-state index is 0.0535. The molecule has 0 saturated carbocycles. The molecule has 1 aliphatic rings. The smallest absolute Gasteiger partial charge is 0.261 e. The molecule has 3 rings (SSSR count). The van der Waals surface area contributed by atoms with Crippen molar-refractivity contribution in [1.82, 2.24) is 5.32 Å². The van der Waals surface area contributed by atoms with Crippen molar-refractivity contribution >= 4 is 57.9 Å². The Bertz CT molecular complexity index is 1090. The van der Waals surface area contributed by atoms with Crippen molar-refractivity contribution in [3.8, 4) is 0 Å². The van der Waals surface area contributed by atoms with E-state index in [2.05, 4.69) is 10.6 Å². The average molecular weight is 507 g/mol. The van der Waals surface area contributed by atoms with Crippen LogP contribution in [0, 0.1) is 12.8 Å². The Morgan fingerprint density at radius 1 is 1.26 bits per heavy atom. The Kier molecular flexibility index (Phi) is 8.65. The molecule has 9 nitrogen and oxygen atoms in total. The molecule has 4 N–H and O–H groups in total. The summed E-state index contributed by atoms with van der Waals surface area (Å²) in [6.07, 6.45) is 0.128. The highest BCUT2D eigenvalue weighted by molar-refractivity contribution is 7.18. The molecule has 0 spiro atoms. The first kappa shape index (κ1) is 25.7. The topological polar surface area (TPSA) is 131 Å². The molecule has 0 radical (unpaired) electrons. The van der Waals surface area contributed by atoms with Gasteiger partial charge in [-0.25, -0.2) is 0 Å². The zero-order chi connectivity index (χ0) is 24.8. The number of primary amides is 1. The summed E-state index contributed by atoms with van der Waals surface area (Å²) in [6.45, 7) is 4.59. The lowest BCUT2D eigenvalue weighted by molar-refractivity contribution is -0.125. The van der Waals surface area contributed by atoms with Crippen LogP contribution in [-0.2, 0) is 19.1 Å². The summed E-state index contributed by atoms with van der Waals surface area (Å²) in [5.74, 6) is -1.84. The number of nitrogens with two attached hydrogens (primary N) is 1. The number of morpholine rings is 1. The van der Waals surface area contributed by atoms with Crippen LogP contribution in [-0.4, -0.2) is 49.4 Å². The zero-order valence-electron chi connectivity index (χ0n) is 18.9. The van der Waals surface area contributed by atoms with Gasteiger partial charge in [-0.15, -0.1) is 11.3 Å². The van der Waals surface area contributed by atoms with E-state index in [0.717, 1.165) is 22.6 Å². The van der Waals surface area contributed by atoms with E-state index < -0.39 is 17.9 Å². The quantitative estimate of drug-likeness (QED) is 0.481. The minimum Gasteiger partial charge on any atom is -0.370 e. The maximum Gasteiger partial charge on any atom is 0.261 e. The predicted molar refractivity (Wildman–Crippen MR) is 131 cm³/mol. The molecule has 1 aromatic carbocycles. The van der Waals surface area contributed by atoms with Crippen LogP contribution in [0.3, 0.4) is 0 Å². The second-order valence-corrected chi connectivity index (χ2v) is 9.88. The molecule has 1 aromatic heterocycles. The van der Waals surface area contributed by atoms with Crippen LogP contribution in [0.4, 0.5) is 11.4 Å². The minimum atomic E-state index is -0.608. The standard InChI is InChI=1S/C23H27ClN4O5S/c1-13-9-15(3-4-17(13)28-7-8-33-12-21(28)30)26-22(31)14(2)10-16(11-20(25)29)27-23(32)18-5-6-19(24)34-18/h3-6,9,14,16H,7-8,10-12H2,1-2H3,(H2,25,29)(H,26,31)(H,27,32). The highest BCUT2D eigenvalue weighted by Gasteiger charge is 2.24. The number of carbonyl (C=O) groups excluding carboxylic acids is 4. The summed E-state index contributed by atoms with van der Waals surface area (Å²) in [5, 5.41) is 5.63. The average Bonchev–Trinajstić information content (AvgIpc) is 3.20. The van der Waals surface area contributed by atoms with Crippen molar-refractivity contribution in [2.75, 3.05) is 30.0 Å². The Balaban J connectivity index is 1.62. The largest absolute Gasteiger partial charge is 0.370 e. The first-order valence-electron chi connectivity index (χ1n) is 10.8. The van der Waals surface area contributed by atoms with Crippen molar-refractivity contribution in [2.24, 2.45) is 11.7 Å². The van der Waals surface area contributed by atoms with Gasteiger partial charge in [0.25, 0.3) is 11.8 Å². The maximum atomic E-state index is 12.8. The molecule has 1 saturated heterocycles. The predicted octanol–water partition coefficient (Wildman–Crippen LogP) is 2.71. The molecule has 2 unspecified atom stereocenters. The van der Waals surface area contributed by atoms with Gasteiger partial charge >= 0.3 is 0 Å². The number of benzene rings is 1. The molecule has 2 heterocycles. The van der Waals surface area contributed by atoms with Gasteiger partial charge in [0.15, 0.2) is 0 Å². The molecular formula is C23H27ClN4O5S. The van der Waals surface area contributed by atoms with Crippen LogP contribution >= 0.6 is 22.9 Å². The van der Waals surface area contributed by atoms with Gasteiger partial charge in [0.05, 0.1) is 15.8 Å². The molecular weight excluding hydrogens is 480 g/mol. The number of halogens is 1. The normalized spacial score (nSPS) is 15.5. The number of thiophene rings is 1. The molecule has 1 fully saturated rings. The first-order chi connectivity index (χ1) is 16.1. The van der Waals surface area contributed by atoms with Crippen molar-refractivity contribution < 1.29 is 23.9 Å². The Labute approximate surface area is 206 Å². The third-order valence-corrected chi connectivity index (χ3v) is 6.64. The lowest BCUT2D eigenvalue weighted by Crippen LogP contribution is -2.42. The molecule has 34 heavy (non-hydrogen) atoms. The Hall–Kier alpha value is -2.95. The summed E-state index contributed by atoms with van der Waals surface area (Å²) < 4.78 is 5.65. The summed E-state index contributed by atoms with van der Waals surface area (Å²) >= 11 is 7.01. The van der Waals surface area contributed by atoms with E-state index >= 15 is 0 Å². The van der Waals surface area contributed by atoms with Crippen molar-refractivity contribution in [2.45, 2.75) is 32.7 Å². The molecule has 1 aliphatic heterocycles. The van der Waals surface area contributed by atoms with Gasteiger partial charge in [0.2, 0.25) is 11.8 Å². The number of carbonyl (C=O) groups is 4. The summed E-state index contributed by atoms with van der Waals surface area (Å²) in [6, 6.07) is 7.92. The van der Waals surface area contributed by atoms with Crippen molar-refractivity contribution in [1.29, 1.82) is 0 Å². The van der Waals surface area contributed by atoms with Crippen molar-refractivity contribution in [3.63, 3.8) is 0 Å². The van der Waals surface area contributed by atoms with E-state index in [1.165, 1.54) is 0 Å². The summed E-state index contributed by atoms with van der Waals surface area (Å²) in [7, 11) is 0. The number of nitrogens with one attached hydrogen (secondary N) is 2. The zero-order valence-corrected chi connectivity index (χ0v) is 20.5. The number of rotatable bonds is 9. The van der Waals surface area contributed by atoms with E-state index in [0.29, 0.717) is 28.1 Å². The number of nitrogens with zero attached hydrogens (tertiary/aromatic N) is 1. The number of anilines is 2. The van der Waals surface area contributed by atoms with Crippen LogP contribution < -0.4 is 21.3 Å². The molecule has 0 bridgehead atoms. The van der Waals surface area contributed by atoms with E-state index in [9.17, 15) is 19.2 Å². The van der Waals surface area contributed by atoms with Gasteiger partial charge in [0.1, 0.15) is 6.61 Å². The molecule has 2 aromatic rings. The van der Waals surface area contributed by atoms with E-state index in [4.69, 9.17) is 22.1 Å². The number of aryl methyl sites for hydroxylation is 1. The fraction of sp³-hybridized carbons (Fsp3) is 0.391. The van der Waals surface area contributed by atoms with E-state index in [1.54, 1.807) is 42.2 Å². The monoisotopic (exact) mass is 506 g/mol. The van der Waals surface area contributed by atoms with Gasteiger partial charge in [-0.05, 0) is 49.2 Å². The maximum absolute atomic E-state index is 12.8. The van der Waals surface area contributed by atoms with Crippen LogP contribution in [0.25, 0.3) is 0 Å². The van der Waals surface area contributed by atoms with Crippen LogP contribution in [0.2, 0.25) is 4.34 Å². The Morgan fingerprint density at radius 3 is 2.65 bits per heavy atom. The fourth-order valence-corrected chi connectivity index (χ4v) is 4.68. The van der Waals surface area contributed by atoms with E-state index in [-0.39, 0.29) is 37.2 Å². The first-order valence-corrected chi connectivity index (χ1v) is 12.0. The SMILES string of the molecule is Cc1cc(NC(=O)C(C)CC(CC(N)=O)NC(=O)c2ccc(Cl)s2)ccc1N1CCOCC1=O. The van der Waals surface area contributed by atoms with Crippen molar-refractivity contribution in [3.05, 3.63) is 45.1 Å². The van der Waals surface area contributed by atoms with Crippen LogP contribution in [0.15, 0.2) is 30.3 Å². The fourth-order valence-electron chi connectivity index (χ4n) is 3.74. The van der Waals surface area contributed by atoms with Gasteiger partial charge in [-0.1, -0.05) is 18.5 Å². The van der Waals surface area contributed by atoms with E-state index in [1.807, 2.05) is 6.92 Å². The summed E-state index contributed by atoms with van der Waals surface area (Å²) in [5.41, 5.74) is 7.55. The molecule has 182 valence electrons. The number of amides is 4. The molecule has 2 atom stereocenters. The number of hydrogen-bond donors (Lipinski definition) is 3. The Morgan fingerprint density at radius 2 is 2.03 bits per heavy atom. The third-order valence-electron chi connectivity index (χ3n) is 5.41. The van der Waals surface area contributed by atoms with Gasteiger partial charge < -0.3 is 26.0 Å². The second-order valence-electron chi connectivity index (χ2n) is 8.17. The van der Waals surface area contributed by atoms with Crippen LogP contribution in [0.5, 0.6) is 0 Å². The number of ether oxygens (including phenoxy) is 1. The second kappa shape index (κ2) is 11.5. The third kappa shape index (κ3) is 6.78. The van der Waals surface area contributed by atoms with Crippen LogP contribution in [0.1, 0.15) is 35.0 Å². The molecule has 0 aliphatic carbocycles. The van der Waals surface area contributed by atoms with Gasteiger partial charge in [-0.2, -0.15) is 0 Å². The lowest BCUT2D eigenvalue weighted by Gasteiger charge is -2.28. The van der Waals surface area contributed by atoms with Gasteiger partial charge in [0, 0.05) is 36.3 Å².